The highest BCUT2D eigenvalue weighted by Crippen LogP contribution is 2.10. The number of thiophene rings is 1. The van der Waals surface area contributed by atoms with Gasteiger partial charge in [0.1, 0.15) is 0 Å². The smallest absolute Gasteiger partial charge is 0.191 e. The predicted octanol–water partition coefficient (Wildman–Crippen LogP) is 3.88. The van der Waals surface area contributed by atoms with Crippen LogP contribution in [0, 0.1) is 0 Å². The van der Waals surface area contributed by atoms with Crippen molar-refractivity contribution in [1.82, 2.24) is 10.6 Å². The Kier molecular flexibility index (Phi) is 7.94. The Bertz CT molecular complexity index is 543. The zero-order chi connectivity index (χ0) is 13.5. The van der Waals surface area contributed by atoms with E-state index in [0.717, 1.165) is 23.1 Å². The molecule has 1 aromatic carbocycles. The summed E-state index contributed by atoms with van der Waals surface area (Å²) in [6, 6.07) is 9.89. The Labute approximate surface area is 145 Å². The molecule has 0 radical (unpaired) electrons. The third-order valence-corrected chi connectivity index (χ3v) is 3.58. The SMILES string of the molecule is CN=C(NCc1ccsc1)NCc1cccc(Cl)c1.I. The third kappa shape index (κ3) is 5.68. The average molecular weight is 422 g/mol. The Morgan fingerprint density at radius 3 is 2.55 bits per heavy atom. The van der Waals surface area contributed by atoms with E-state index in [1.807, 2.05) is 24.3 Å². The lowest BCUT2D eigenvalue weighted by molar-refractivity contribution is 0.811. The molecule has 2 rings (SSSR count). The van der Waals surface area contributed by atoms with Crippen LogP contribution in [0.2, 0.25) is 5.02 Å². The molecule has 0 aliphatic rings. The summed E-state index contributed by atoms with van der Waals surface area (Å²) >= 11 is 7.65. The van der Waals surface area contributed by atoms with E-state index in [0.29, 0.717) is 6.54 Å². The highest BCUT2D eigenvalue weighted by molar-refractivity contribution is 14.0. The van der Waals surface area contributed by atoms with E-state index >= 15 is 0 Å². The van der Waals surface area contributed by atoms with Crippen LogP contribution < -0.4 is 10.6 Å². The first-order valence-electron chi connectivity index (χ1n) is 5.98. The second kappa shape index (κ2) is 9.20. The zero-order valence-corrected chi connectivity index (χ0v) is 15.0. The standard InChI is InChI=1S/C14H16ClN3S.HI/c1-16-14(18-9-12-5-6-19-10-12)17-8-11-3-2-4-13(15)7-11;/h2-7,10H,8-9H2,1H3,(H2,16,17,18);1H. The van der Waals surface area contributed by atoms with Crippen LogP contribution >= 0.6 is 46.9 Å². The summed E-state index contributed by atoms with van der Waals surface area (Å²) in [5, 5.41) is 11.5. The lowest BCUT2D eigenvalue weighted by Gasteiger charge is -2.11. The molecular formula is C14H17ClIN3S. The van der Waals surface area contributed by atoms with Crippen molar-refractivity contribution in [1.29, 1.82) is 0 Å². The molecular weight excluding hydrogens is 405 g/mol. The number of guanidine groups is 1. The van der Waals surface area contributed by atoms with Crippen molar-refractivity contribution >= 4 is 52.9 Å². The third-order valence-electron chi connectivity index (χ3n) is 2.61. The van der Waals surface area contributed by atoms with Gasteiger partial charge < -0.3 is 10.6 Å². The van der Waals surface area contributed by atoms with Crippen molar-refractivity contribution in [3.05, 3.63) is 57.2 Å². The Hall–Kier alpha value is -0.790. The summed E-state index contributed by atoms with van der Waals surface area (Å²) in [5.41, 5.74) is 2.39. The number of hydrogen-bond donors (Lipinski definition) is 2. The van der Waals surface area contributed by atoms with Crippen molar-refractivity contribution in [2.45, 2.75) is 13.1 Å². The van der Waals surface area contributed by atoms with Gasteiger partial charge >= 0.3 is 0 Å². The molecule has 2 N–H and O–H groups in total. The maximum absolute atomic E-state index is 5.95. The summed E-state index contributed by atoms with van der Waals surface area (Å²) in [6.45, 7) is 1.47. The number of nitrogens with zero attached hydrogens (tertiary/aromatic N) is 1. The number of hydrogen-bond acceptors (Lipinski definition) is 2. The molecule has 0 saturated heterocycles. The first-order chi connectivity index (χ1) is 9.28. The van der Waals surface area contributed by atoms with Gasteiger partial charge in [0, 0.05) is 25.2 Å². The van der Waals surface area contributed by atoms with Gasteiger partial charge in [0.15, 0.2) is 5.96 Å². The van der Waals surface area contributed by atoms with Crippen LogP contribution in [0.25, 0.3) is 0 Å². The Balaban J connectivity index is 0.00000200. The number of benzene rings is 1. The van der Waals surface area contributed by atoms with E-state index in [2.05, 4.69) is 32.5 Å². The first kappa shape index (κ1) is 17.3. The number of nitrogens with one attached hydrogen (secondary N) is 2. The highest BCUT2D eigenvalue weighted by Gasteiger charge is 1.99. The Morgan fingerprint density at radius 2 is 1.95 bits per heavy atom. The highest BCUT2D eigenvalue weighted by atomic mass is 127. The molecule has 20 heavy (non-hydrogen) atoms. The summed E-state index contributed by atoms with van der Waals surface area (Å²) in [6.07, 6.45) is 0. The van der Waals surface area contributed by atoms with Crippen LogP contribution in [0.15, 0.2) is 46.1 Å². The van der Waals surface area contributed by atoms with Crippen LogP contribution in [0.1, 0.15) is 11.1 Å². The van der Waals surface area contributed by atoms with Crippen LogP contribution in [-0.4, -0.2) is 13.0 Å². The molecule has 3 nitrogen and oxygen atoms in total. The lowest BCUT2D eigenvalue weighted by atomic mass is 10.2. The van der Waals surface area contributed by atoms with E-state index in [1.165, 1.54) is 5.56 Å². The normalized spacial score (nSPS) is 10.8. The van der Waals surface area contributed by atoms with Gasteiger partial charge in [-0.3, -0.25) is 4.99 Å². The van der Waals surface area contributed by atoms with Gasteiger partial charge in [0.2, 0.25) is 0 Å². The van der Waals surface area contributed by atoms with Crippen LogP contribution in [-0.2, 0) is 13.1 Å². The van der Waals surface area contributed by atoms with Gasteiger partial charge in [0.25, 0.3) is 0 Å². The average Bonchev–Trinajstić information content (AvgIpc) is 2.92. The van der Waals surface area contributed by atoms with E-state index in [-0.39, 0.29) is 24.0 Å². The number of aliphatic imine (C=N–C) groups is 1. The van der Waals surface area contributed by atoms with Crippen LogP contribution in [0.3, 0.4) is 0 Å². The Morgan fingerprint density at radius 1 is 1.20 bits per heavy atom. The summed E-state index contributed by atoms with van der Waals surface area (Å²) in [7, 11) is 1.76. The molecule has 0 atom stereocenters. The second-order valence-corrected chi connectivity index (χ2v) is 5.26. The molecule has 6 heteroatoms. The van der Waals surface area contributed by atoms with Gasteiger partial charge in [-0.2, -0.15) is 11.3 Å². The molecule has 1 heterocycles. The fourth-order valence-electron chi connectivity index (χ4n) is 1.63. The van der Waals surface area contributed by atoms with E-state index in [1.54, 1.807) is 18.4 Å². The van der Waals surface area contributed by atoms with Crippen LogP contribution in [0.4, 0.5) is 0 Å². The molecule has 1 aromatic heterocycles. The zero-order valence-electron chi connectivity index (χ0n) is 11.1. The molecule has 0 unspecified atom stereocenters. The van der Waals surface area contributed by atoms with Crippen LogP contribution in [0.5, 0.6) is 0 Å². The van der Waals surface area contributed by atoms with Gasteiger partial charge in [-0.15, -0.1) is 24.0 Å². The largest absolute Gasteiger partial charge is 0.352 e. The fourth-order valence-corrected chi connectivity index (χ4v) is 2.51. The number of halogens is 2. The maximum atomic E-state index is 5.95. The monoisotopic (exact) mass is 421 g/mol. The lowest BCUT2D eigenvalue weighted by Crippen LogP contribution is -2.36. The maximum Gasteiger partial charge on any atom is 0.191 e. The van der Waals surface area contributed by atoms with E-state index < -0.39 is 0 Å². The topological polar surface area (TPSA) is 36.4 Å². The molecule has 2 aromatic rings. The minimum Gasteiger partial charge on any atom is -0.352 e. The van der Waals surface area contributed by atoms with Crippen molar-refractivity contribution in [3.8, 4) is 0 Å². The number of rotatable bonds is 4. The molecule has 0 aliphatic carbocycles. The van der Waals surface area contributed by atoms with E-state index in [9.17, 15) is 0 Å². The molecule has 0 bridgehead atoms. The van der Waals surface area contributed by atoms with Gasteiger partial charge in [-0.1, -0.05) is 23.7 Å². The molecule has 108 valence electrons. The second-order valence-electron chi connectivity index (χ2n) is 4.04. The summed E-state index contributed by atoms with van der Waals surface area (Å²) < 4.78 is 0. The van der Waals surface area contributed by atoms with Crippen molar-refractivity contribution in [2.75, 3.05) is 7.05 Å². The first-order valence-corrected chi connectivity index (χ1v) is 7.30. The molecule has 0 spiro atoms. The quantitative estimate of drug-likeness (QED) is 0.446. The molecule has 0 fully saturated rings. The van der Waals surface area contributed by atoms with Crippen molar-refractivity contribution in [2.24, 2.45) is 4.99 Å². The predicted molar refractivity (Wildman–Crippen MR) is 98.2 cm³/mol. The summed E-state index contributed by atoms with van der Waals surface area (Å²) in [5.74, 6) is 0.783. The summed E-state index contributed by atoms with van der Waals surface area (Å²) in [4.78, 5) is 4.19. The fraction of sp³-hybridized carbons (Fsp3) is 0.214. The van der Waals surface area contributed by atoms with Gasteiger partial charge in [-0.05, 0) is 40.1 Å². The van der Waals surface area contributed by atoms with Gasteiger partial charge in [-0.25, -0.2) is 0 Å². The molecule has 0 amide bonds. The minimum atomic E-state index is 0. The van der Waals surface area contributed by atoms with Crippen molar-refractivity contribution in [3.63, 3.8) is 0 Å². The van der Waals surface area contributed by atoms with E-state index in [4.69, 9.17) is 11.6 Å². The van der Waals surface area contributed by atoms with Crippen molar-refractivity contribution < 1.29 is 0 Å². The molecule has 0 saturated carbocycles. The van der Waals surface area contributed by atoms with Gasteiger partial charge in [0.05, 0.1) is 0 Å². The molecule has 0 aliphatic heterocycles. The minimum absolute atomic E-state index is 0.